The molecule has 172 valence electrons. The predicted octanol–water partition coefficient (Wildman–Crippen LogP) is -1.28. The SMILES string of the molecule is C=CC1=C(C(=O)O)N2C(=O)[C@@H](NC(=O)/C(=N\OCC(=O)OC)c3csc(N)n3)[C@H]2SC1.O. The molecule has 2 aliphatic rings. The molecule has 15 heteroatoms. The topological polar surface area (TPSA) is 205 Å². The van der Waals surface area contributed by atoms with Crippen LogP contribution in [0.1, 0.15) is 5.69 Å². The molecular weight excluding hydrogens is 466 g/mol. The highest BCUT2D eigenvalue weighted by molar-refractivity contribution is 8.00. The Bertz CT molecular complexity index is 1020. The van der Waals surface area contributed by atoms with Crippen LogP contribution in [0.15, 0.2) is 34.5 Å². The van der Waals surface area contributed by atoms with E-state index < -0.39 is 41.8 Å². The molecule has 3 heterocycles. The maximum atomic E-state index is 12.8. The number of hydrogen-bond acceptors (Lipinski definition) is 11. The molecule has 1 fully saturated rings. The van der Waals surface area contributed by atoms with E-state index in [0.29, 0.717) is 11.3 Å². The number of anilines is 1. The minimum Gasteiger partial charge on any atom is -0.477 e. The van der Waals surface area contributed by atoms with Gasteiger partial charge in [0.25, 0.3) is 11.8 Å². The van der Waals surface area contributed by atoms with Gasteiger partial charge in [-0.3, -0.25) is 14.5 Å². The van der Waals surface area contributed by atoms with E-state index in [-0.39, 0.29) is 27.7 Å². The van der Waals surface area contributed by atoms with Gasteiger partial charge in [-0.25, -0.2) is 14.6 Å². The van der Waals surface area contributed by atoms with E-state index in [0.717, 1.165) is 23.3 Å². The highest BCUT2D eigenvalue weighted by Gasteiger charge is 2.54. The third kappa shape index (κ3) is 4.74. The molecule has 1 aromatic heterocycles. The lowest BCUT2D eigenvalue weighted by atomic mass is 10.0. The first-order valence-electron chi connectivity index (χ1n) is 8.61. The Kier molecular flexibility index (Phi) is 7.96. The van der Waals surface area contributed by atoms with Crippen LogP contribution in [0.5, 0.6) is 0 Å². The van der Waals surface area contributed by atoms with E-state index in [2.05, 4.69) is 26.8 Å². The molecule has 3 rings (SSSR count). The Morgan fingerprint density at radius 1 is 1.50 bits per heavy atom. The lowest BCUT2D eigenvalue weighted by Crippen LogP contribution is -2.71. The van der Waals surface area contributed by atoms with Crippen LogP contribution in [-0.2, 0) is 28.8 Å². The number of hydrogen-bond donors (Lipinski definition) is 3. The van der Waals surface area contributed by atoms with Crippen LogP contribution in [-0.4, -0.2) is 80.8 Å². The summed E-state index contributed by atoms with van der Waals surface area (Å²) in [6.07, 6.45) is 1.39. The van der Waals surface area contributed by atoms with Gasteiger partial charge in [-0.15, -0.1) is 23.1 Å². The van der Waals surface area contributed by atoms with E-state index >= 15 is 0 Å². The van der Waals surface area contributed by atoms with Crippen molar-refractivity contribution in [1.82, 2.24) is 15.2 Å². The number of oxime groups is 1. The minimum atomic E-state index is -1.25. The highest BCUT2D eigenvalue weighted by Crippen LogP contribution is 2.40. The van der Waals surface area contributed by atoms with Gasteiger partial charge in [-0.1, -0.05) is 17.8 Å². The average Bonchev–Trinajstić information content (AvgIpc) is 3.18. The third-order valence-electron chi connectivity index (χ3n) is 4.28. The van der Waals surface area contributed by atoms with Crippen molar-refractivity contribution in [3.8, 4) is 0 Å². The van der Waals surface area contributed by atoms with Gasteiger partial charge in [0, 0.05) is 11.1 Å². The fraction of sp³-hybridized carbons (Fsp3) is 0.294. The monoisotopic (exact) mass is 485 g/mol. The van der Waals surface area contributed by atoms with Crippen LogP contribution in [0, 0.1) is 0 Å². The van der Waals surface area contributed by atoms with E-state index in [9.17, 15) is 24.3 Å². The van der Waals surface area contributed by atoms with E-state index in [1.165, 1.54) is 23.2 Å². The second-order valence-corrected chi connectivity index (χ2v) is 8.10. The molecule has 0 aromatic carbocycles. The van der Waals surface area contributed by atoms with Crippen LogP contribution < -0.4 is 11.1 Å². The lowest BCUT2D eigenvalue weighted by Gasteiger charge is -2.49. The molecule has 13 nitrogen and oxygen atoms in total. The Hall–Kier alpha value is -3.43. The van der Waals surface area contributed by atoms with Gasteiger partial charge in [0.2, 0.25) is 6.61 Å². The van der Waals surface area contributed by atoms with Crippen LogP contribution in [0.25, 0.3) is 0 Å². The van der Waals surface area contributed by atoms with Crippen molar-refractivity contribution in [2.75, 3.05) is 25.2 Å². The van der Waals surface area contributed by atoms with Crippen molar-refractivity contribution in [3.05, 3.63) is 35.0 Å². The minimum absolute atomic E-state index is 0. The van der Waals surface area contributed by atoms with Crippen molar-refractivity contribution >= 4 is 57.7 Å². The largest absolute Gasteiger partial charge is 0.477 e. The Balaban J connectivity index is 0.00000363. The molecule has 2 aliphatic heterocycles. The van der Waals surface area contributed by atoms with E-state index in [1.807, 2.05) is 0 Å². The fourth-order valence-corrected chi connectivity index (χ4v) is 4.71. The summed E-state index contributed by atoms with van der Waals surface area (Å²) in [5, 5.41) is 16.7. The van der Waals surface area contributed by atoms with E-state index in [4.69, 9.17) is 10.6 Å². The van der Waals surface area contributed by atoms with Gasteiger partial charge < -0.3 is 31.2 Å². The number of amides is 2. The normalized spacial score (nSPS) is 19.8. The van der Waals surface area contributed by atoms with Crippen molar-refractivity contribution in [3.63, 3.8) is 0 Å². The number of methoxy groups -OCH3 is 1. The second-order valence-electron chi connectivity index (χ2n) is 6.10. The predicted molar refractivity (Wildman–Crippen MR) is 115 cm³/mol. The Morgan fingerprint density at radius 3 is 2.78 bits per heavy atom. The molecule has 1 aromatic rings. The van der Waals surface area contributed by atoms with Gasteiger partial charge in [-0.05, 0) is 5.57 Å². The number of β-lactam (4-membered cyclic amide) rings is 1. The van der Waals surface area contributed by atoms with Crippen LogP contribution in [0.2, 0.25) is 0 Å². The quantitative estimate of drug-likeness (QED) is 0.172. The first-order chi connectivity index (χ1) is 14.8. The van der Waals surface area contributed by atoms with Crippen molar-refractivity contribution < 1.29 is 39.3 Å². The molecular formula is C17H19N5O8S2. The summed E-state index contributed by atoms with van der Waals surface area (Å²) in [6, 6.07) is -0.986. The molecule has 0 aliphatic carbocycles. The second kappa shape index (κ2) is 10.3. The number of aliphatic carboxylic acids is 1. The average molecular weight is 486 g/mol. The summed E-state index contributed by atoms with van der Waals surface area (Å²) in [7, 11) is 1.16. The number of nitrogens with one attached hydrogen (secondary N) is 1. The first-order valence-corrected chi connectivity index (χ1v) is 10.5. The molecule has 0 bridgehead atoms. The number of esters is 1. The number of allylic oxidation sites excluding steroid dienone is 1. The summed E-state index contributed by atoms with van der Waals surface area (Å²) in [4.78, 5) is 58.2. The summed E-state index contributed by atoms with van der Waals surface area (Å²) in [5.74, 6) is -3.04. The zero-order valence-corrected chi connectivity index (χ0v) is 18.2. The first kappa shape index (κ1) is 24.8. The zero-order chi connectivity index (χ0) is 22.7. The number of thioether (sulfide) groups is 1. The number of carbonyl (C=O) groups is 4. The molecule has 1 saturated heterocycles. The maximum Gasteiger partial charge on any atom is 0.352 e. The smallest absolute Gasteiger partial charge is 0.352 e. The number of carboxylic acids is 1. The highest BCUT2D eigenvalue weighted by atomic mass is 32.2. The number of nitrogens with zero attached hydrogens (tertiary/aromatic N) is 3. The molecule has 6 N–H and O–H groups in total. The van der Waals surface area contributed by atoms with Gasteiger partial charge in [0.1, 0.15) is 22.8 Å². The zero-order valence-electron chi connectivity index (χ0n) is 16.6. The van der Waals surface area contributed by atoms with E-state index in [1.54, 1.807) is 0 Å². The summed E-state index contributed by atoms with van der Waals surface area (Å²) >= 11 is 2.35. The fourth-order valence-electron chi connectivity index (χ4n) is 2.82. The van der Waals surface area contributed by atoms with Crippen molar-refractivity contribution in [2.24, 2.45) is 5.16 Å². The molecule has 0 spiro atoms. The molecule has 0 saturated carbocycles. The number of carbonyl (C=O) groups excluding carboxylic acids is 3. The van der Waals surface area contributed by atoms with Gasteiger partial charge in [0.15, 0.2) is 10.8 Å². The third-order valence-corrected chi connectivity index (χ3v) is 6.25. The lowest BCUT2D eigenvalue weighted by molar-refractivity contribution is -0.150. The number of aromatic nitrogens is 1. The number of thiazole rings is 1. The van der Waals surface area contributed by atoms with Gasteiger partial charge in [-0.2, -0.15) is 0 Å². The Morgan fingerprint density at radius 2 is 2.22 bits per heavy atom. The number of rotatable bonds is 8. The molecule has 32 heavy (non-hydrogen) atoms. The maximum absolute atomic E-state index is 12.8. The summed E-state index contributed by atoms with van der Waals surface area (Å²) < 4.78 is 4.43. The summed E-state index contributed by atoms with van der Waals surface area (Å²) in [5.41, 5.74) is 5.66. The van der Waals surface area contributed by atoms with Gasteiger partial charge >= 0.3 is 11.9 Å². The van der Waals surface area contributed by atoms with Gasteiger partial charge in [0.05, 0.1) is 7.11 Å². The standard InChI is InChI=1S/C17H17N5O7S2.H2O/c1-3-7-5-30-15-11(14(25)22(15)12(7)16(26)27)20-13(24)10(8-6-31-17(18)19-8)21-29-4-9(23)28-2;/h3,6,11,15H,1,4-5H2,2H3,(H2,18,19)(H,20,24)(H,26,27);1H2/b21-10-;/t11-,15-;/m1./s1. The molecule has 2 atom stereocenters. The number of fused-ring (bicyclic) bond motifs is 1. The van der Waals surface area contributed by atoms with Crippen LogP contribution in [0.4, 0.5) is 5.13 Å². The number of nitrogen functional groups attached to an aromatic ring is 1. The number of nitrogens with two attached hydrogens (primary N) is 1. The number of carboxylic acid groups (broad SMARTS) is 1. The molecule has 2 amide bonds. The van der Waals surface area contributed by atoms with Crippen LogP contribution in [0.3, 0.4) is 0 Å². The van der Waals surface area contributed by atoms with Crippen molar-refractivity contribution in [1.29, 1.82) is 0 Å². The molecule has 0 unspecified atom stereocenters. The van der Waals surface area contributed by atoms with Crippen LogP contribution >= 0.6 is 23.1 Å². The molecule has 0 radical (unpaired) electrons. The summed E-state index contributed by atoms with van der Waals surface area (Å²) in [6.45, 7) is 3.03. The Labute approximate surface area is 189 Å². The van der Waals surface area contributed by atoms with Crippen molar-refractivity contribution in [2.45, 2.75) is 11.4 Å². The number of ether oxygens (including phenoxy) is 1.